The zero-order valence-electron chi connectivity index (χ0n) is 22.5. The van der Waals surface area contributed by atoms with E-state index in [1.165, 1.54) is 18.4 Å². The van der Waals surface area contributed by atoms with Gasteiger partial charge in [-0.1, -0.05) is 32.9 Å². The van der Waals surface area contributed by atoms with E-state index in [4.69, 9.17) is 9.72 Å². The van der Waals surface area contributed by atoms with E-state index in [9.17, 15) is 4.79 Å². The normalized spacial score (nSPS) is 21.1. The van der Waals surface area contributed by atoms with Crippen molar-refractivity contribution in [2.24, 2.45) is 0 Å². The summed E-state index contributed by atoms with van der Waals surface area (Å²) in [6, 6.07) is 13.1. The van der Waals surface area contributed by atoms with Gasteiger partial charge in [-0.3, -0.25) is 14.7 Å². The third-order valence-electron chi connectivity index (χ3n) is 7.95. The van der Waals surface area contributed by atoms with Crippen LogP contribution in [0.5, 0.6) is 0 Å². The van der Waals surface area contributed by atoms with Gasteiger partial charge in [0.2, 0.25) is 0 Å². The van der Waals surface area contributed by atoms with Gasteiger partial charge in [-0.05, 0) is 67.9 Å². The lowest BCUT2D eigenvalue weighted by Crippen LogP contribution is -2.44. The van der Waals surface area contributed by atoms with E-state index < -0.39 is 0 Å². The van der Waals surface area contributed by atoms with Crippen LogP contribution in [0.2, 0.25) is 0 Å². The number of morpholine rings is 1. The molecule has 7 heteroatoms. The monoisotopic (exact) mass is 501 g/mol. The van der Waals surface area contributed by atoms with Crippen molar-refractivity contribution in [1.82, 2.24) is 19.7 Å². The summed E-state index contributed by atoms with van der Waals surface area (Å²) in [6.07, 6.45) is 8.18. The van der Waals surface area contributed by atoms with Crippen LogP contribution in [0.15, 0.2) is 48.8 Å². The maximum Gasteiger partial charge on any atom is 0.259 e. The van der Waals surface area contributed by atoms with E-state index in [-0.39, 0.29) is 11.3 Å². The number of carbonyl (C=O) groups is 1. The molecule has 0 radical (unpaired) electrons. The molecule has 1 aliphatic carbocycles. The SMILES string of the molecule is Cc1c(C(=O)Nc2ccc([C@H]3CC[C@H](N4CCOCC4)CC3)nc2)cnn1-c1ccc(C(C)(C)C)cc1. The summed E-state index contributed by atoms with van der Waals surface area (Å²) in [5.41, 5.74) is 5.50. The topological polar surface area (TPSA) is 72.3 Å². The molecule has 1 aliphatic heterocycles. The molecule has 2 aliphatic rings. The number of ether oxygens (including phenoxy) is 1. The molecule has 196 valence electrons. The first kappa shape index (κ1) is 25.6. The van der Waals surface area contributed by atoms with E-state index in [0.717, 1.165) is 56.2 Å². The molecule has 37 heavy (non-hydrogen) atoms. The van der Waals surface area contributed by atoms with Crippen LogP contribution < -0.4 is 5.32 Å². The Morgan fingerprint density at radius 3 is 2.30 bits per heavy atom. The largest absolute Gasteiger partial charge is 0.379 e. The Hall–Kier alpha value is -3.03. The minimum absolute atomic E-state index is 0.0919. The molecule has 2 fully saturated rings. The molecule has 7 nitrogen and oxygen atoms in total. The first-order valence-corrected chi connectivity index (χ1v) is 13.5. The highest BCUT2D eigenvalue weighted by Gasteiger charge is 2.28. The number of pyridine rings is 1. The van der Waals surface area contributed by atoms with Crippen LogP contribution in [0.1, 0.15) is 79.7 Å². The number of nitrogens with zero attached hydrogens (tertiary/aromatic N) is 4. The quantitative estimate of drug-likeness (QED) is 0.501. The fraction of sp³-hybridized carbons (Fsp3) is 0.500. The number of rotatable bonds is 5. The zero-order chi connectivity index (χ0) is 26.0. The Morgan fingerprint density at radius 2 is 1.68 bits per heavy atom. The highest BCUT2D eigenvalue weighted by molar-refractivity contribution is 6.04. The Morgan fingerprint density at radius 1 is 0.973 bits per heavy atom. The highest BCUT2D eigenvalue weighted by Crippen LogP contribution is 2.34. The van der Waals surface area contributed by atoms with Crippen molar-refractivity contribution >= 4 is 11.6 Å². The van der Waals surface area contributed by atoms with Crippen LogP contribution in [-0.2, 0) is 10.2 Å². The molecule has 0 spiro atoms. The molecule has 3 aromatic rings. The van der Waals surface area contributed by atoms with Gasteiger partial charge in [0.15, 0.2) is 0 Å². The number of amides is 1. The average molecular weight is 502 g/mol. The first-order chi connectivity index (χ1) is 17.8. The van der Waals surface area contributed by atoms with E-state index in [1.54, 1.807) is 12.4 Å². The maximum absolute atomic E-state index is 13.0. The van der Waals surface area contributed by atoms with Crippen molar-refractivity contribution in [3.05, 3.63) is 71.3 Å². The second-order valence-corrected chi connectivity index (χ2v) is 11.4. The van der Waals surface area contributed by atoms with Gasteiger partial charge in [-0.15, -0.1) is 0 Å². The number of hydrogen-bond acceptors (Lipinski definition) is 5. The highest BCUT2D eigenvalue weighted by atomic mass is 16.5. The molecule has 2 aromatic heterocycles. The summed E-state index contributed by atoms with van der Waals surface area (Å²) in [4.78, 5) is 20.3. The number of hydrogen-bond donors (Lipinski definition) is 1. The molecular weight excluding hydrogens is 462 g/mol. The predicted molar refractivity (Wildman–Crippen MR) is 147 cm³/mol. The van der Waals surface area contributed by atoms with Crippen molar-refractivity contribution in [1.29, 1.82) is 0 Å². The Labute approximate surface area is 220 Å². The third kappa shape index (κ3) is 5.78. The van der Waals surface area contributed by atoms with Crippen molar-refractivity contribution in [3.63, 3.8) is 0 Å². The predicted octanol–water partition coefficient (Wildman–Crippen LogP) is 5.48. The second kappa shape index (κ2) is 10.8. The lowest BCUT2D eigenvalue weighted by atomic mass is 9.83. The van der Waals surface area contributed by atoms with Gasteiger partial charge in [0.05, 0.1) is 48.2 Å². The summed E-state index contributed by atoms with van der Waals surface area (Å²) in [6.45, 7) is 12.4. The summed E-state index contributed by atoms with van der Waals surface area (Å²) < 4.78 is 7.32. The molecule has 3 heterocycles. The number of benzene rings is 1. The van der Waals surface area contributed by atoms with Crippen molar-refractivity contribution in [2.75, 3.05) is 31.6 Å². The van der Waals surface area contributed by atoms with Gasteiger partial charge in [0, 0.05) is 30.7 Å². The van der Waals surface area contributed by atoms with E-state index in [1.807, 2.05) is 17.7 Å². The van der Waals surface area contributed by atoms with Crippen LogP contribution in [0.4, 0.5) is 5.69 Å². The van der Waals surface area contributed by atoms with Crippen LogP contribution in [0.25, 0.3) is 5.69 Å². The van der Waals surface area contributed by atoms with Crippen LogP contribution in [0.3, 0.4) is 0 Å². The van der Waals surface area contributed by atoms with Gasteiger partial charge in [0.25, 0.3) is 5.91 Å². The molecule has 0 bridgehead atoms. The van der Waals surface area contributed by atoms with Crippen LogP contribution >= 0.6 is 0 Å². The van der Waals surface area contributed by atoms with Gasteiger partial charge in [-0.25, -0.2) is 4.68 Å². The summed E-state index contributed by atoms with van der Waals surface area (Å²) in [7, 11) is 0. The molecule has 1 saturated carbocycles. The molecule has 1 N–H and O–H groups in total. The number of anilines is 1. The minimum Gasteiger partial charge on any atom is -0.379 e. The number of carbonyl (C=O) groups excluding carboxylic acids is 1. The molecule has 1 aromatic carbocycles. The van der Waals surface area contributed by atoms with E-state index in [2.05, 4.69) is 66.4 Å². The summed E-state index contributed by atoms with van der Waals surface area (Å²) in [5, 5.41) is 7.49. The first-order valence-electron chi connectivity index (χ1n) is 13.5. The Bertz CT molecular complexity index is 1200. The van der Waals surface area contributed by atoms with Crippen molar-refractivity contribution in [3.8, 4) is 5.69 Å². The second-order valence-electron chi connectivity index (χ2n) is 11.4. The van der Waals surface area contributed by atoms with Crippen molar-refractivity contribution in [2.45, 2.75) is 70.8 Å². The lowest BCUT2D eigenvalue weighted by molar-refractivity contribution is 0.00721. The molecule has 0 unspecified atom stereocenters. The molecule has 5 rings (SSSR count). The Balaban J connectivity index is 1.19. The van der Waals surface area contributed by atoms with Gasteiger partial charge < -0.3 is 10.1 Å². The fourth-order valence-electron chi connectivity index (χ4n) is 5.59. The lowest BCUT2D eigenvalue weighted by Gasteiger charge is -2.38. The van der Waals surface area contributed by atoms with E-state index >= 15 is 0 Å². The minimum atomic E-state index is -0.171. The maximum atomic E-state index is 13.0. The standard InChI is InChI=1S/C30H39N5O2/c1-21-27(20-32-35(21)26-12-7-23(8-13-26)30(2,3)4)29(36)33-24-9-14-28(31-19-24)22-5-10-25(11-6-22)34-15-17-37-18-16-34/h7-9,12-14,19-20,22,25H,5-6,10-11,15-18H2,1-4H3,(H,33,36)/t22-,25-. The molecule has 1 saturated heterocycles. The average Bonchev–Trinajstić information content (AvgIpc) is 3.30. The van der Waals surface area contributed by atoms with Gasteiger partial charge in [-0.2, -0.15) is 5.10 Å². The smallest absolute Gasteiger partial charge is 0.259 e. The third-order valence-corrected chi connectivity index (χ3v) is 7.95. The molecular formula is C30H39N5O2. The molecule has 0 atom stereocenters. The van der Waals surface area contributed by atoms with E-state index in [0.29, 0.717) is 23.2 Å². The van der Waals surface area contributed by atoms with Gasteiger partial charge in [0.1, 0.15) is 0 Å². The molecule has 1 amide bonds. The number of aromatic nitrogens is 3. The van der Waals surface area contributed by atoms with Crippen LogP contribution in [-0.4, -0.2) is 57.9 Å². The Kier molecular flexibility index (Phi) is 7.45. The fourth-order valence-corrected chi connectivity index (χ4v) is 5.59. The number of nitrogens with one attached hydrogen (secondary N) is 1. The van der Waals surface area contributed by atoms with Gasteiger partial charge >= 0.3 is 0 Å². The summed E-state index contributed by atoms with van der Waals surface area (Å²) in [5.74, 6) is 0.322. The summed E-state index contributed by atoms with van der Waals surface area (Å²) >= 11 is 0. The zero-order valence-corrected chi connectivity index (χ0v) is 22.5. The van der Waals surface area contributed by atoms with Crippen LogP contribution in [0, 0.1) is 6.92 Å². The van der Waals surface area contributed by atoms with Crippen molar-refractivity contribution < 1.29 is 9.53 Å².